The van der Waals surface area contributed by atoms with Crippen LogP contribution in [0.2, 0.25) is 0 Å². The van der Waals surface area contributed by atoms with Gasteiger partial charge >= 0.3 is 0 Å². The van der Waals surface area contributed by atoms with Crippen molar-refractivity contribution in [1.82, 2.24) is 5.32 Å². The molecule has 0 radical (unpaired) electrons. The van der Waals surface area contributed by atoms with Crippen LogP contribution in [0.15, 0.2) is 29.2 Å². The lowest BCUT2D eigenvalue weighted by molar-refractivity contribution is 0.0890. The Balaban J connectivity index is 2.03. The first-order chi connectivity index (χ1) is 11.1. The van der Waals surface area contributed by atoms with Crippen molar-refractivity contribution in [2.24, 2.45) is 11.3 Å². The molecular formula is C19H29NO3S. The van der Waals surface area contributed by atoms with E-state index in [-0.39, 0.29) is 22.4 Å². The van der Waals surface area contributed by atoms with Gasteiger partial charge in [0.1, 0.15) is 0 Å². The van der Waals surface area contributed by atoms with Crippen LogP contribution >= 0.6 is 0 Å². The Bertz CT molecular complexity index is 686. The molecule has 1 aliphatic carbocycles. The maximum Gasteiger partial charge on any atom is 0.252 e. The van der Waals surface area contributed by atoms with Crippen LogP contribution in [0, 0.1) is 11.3 Å². The van der Waals surface area contributed by atoms with E-state index in [9.17, 15) is 13.2 Å². The quantitative estimate of drug-likeness (QED) is 0.877. The molecule has 0 aliphatic heterocycles. The monoisotopic (exact) mass is 351 g/mol. The zero-order chi connectivity index (χ0) is 18.0. The smallest absolute Gasteiger partial charge is 0.252 e. The topological polar surface area (TPSA) is 63.2 Å². The van der Waals surface area contributed by atoms with Gasteiger partial charge in [-0.25, -0.2) is 8.42 Å². The summed E-state index contributed by atoms with van der Waals surface area (Å²) in [6, 6.07) is 6.55. The second-order valence-electron chi connectivity index (χ2n) is 7.63. The van der Waals surface area contributed by atoms with Gasteiger partial charge in [-0.2, -0.15) is 0 Å². The minimum Gasteiger partial charge on any atom is -0.349 e. The third-order valence-corrected chi connectivity index (χ3v) is 6.76. The summed E-state index contributed by atoms with van der Waals surface area (Å²) in [5.74, 6) is 0.410. The molecule has 4 nitrogen and oxygen atoms in total. The molecule has 1 amide bonds. The van der Waals surface area contributed by atoms with Gasteiger partial charge in [-0.15, -0.1) is 0 Å². The van der Waals surface area contributed by atoms with Crippen LogP contribution in [0.4, 0.5) is 0 Å². The van der Waals surface area contributed by atoms with Gasteiger partial charge in [0.25, 0.3) is 5.91 Å². The van der Waals surface area contributed by atoms with E-state index in [1.807, 2.05) is 0 Å². The fourth-order valence-corrected chi connectivity index (χ4v) is 4.43. The lowest BCUT2D eigenvalue weighted by Gasteiger charge is -2.39. The number of benzene rings is 1. The maximum atomic E-state index is 12.5. The lowest BCUT2D eigenvalue weighted by Crippen LogP contribution is -2.40. The summed E-state index contributed by atoms with van der Waals surface area (Å²) in [6.07, 6.45) is 6.44. The van der Waals surface area contributed by atoms with E-state index < -0.39 is 9.84 Å². The van der Waals surface area contributed by atoms with E-state index in [4.69, 9.17) is 0 Å². The molecule has 0 spiro atoms. The van der Waals surface area contributed by atoms with Crippen molar-refractivity contribution in [2.45, 2.75) is 63.8 Å². The summed E-state index contributed by atoms with van der Waals surface area (Å²) in [5, 5.41) is 3.03. The summed E-state index contributed by atoms with van der Waals surface area (Å²) in [5.41, 5.74) is 0.591. The van der Waals surface area contributed by atoms with Crippen LogP contribution in [-0.2, 0) is 9.84 Å². The van der Waals surface area contributed by atoms with Crippen molar-refractivity contribution in [3.63, 3.8) is 0 Å². The normalized spacial score (nSPS) is 22.2. The Morgan fingerprint density at radius 3 is 2.29 bits per heavy atom. The lowest BCUT2D eigenvalue weighted by atomic mass is 9.69. The van der Waals surface area contributed by atoms with Crippen LogP contribution in [0.5, 0.6) is 0 Å². The second-order valence-corrected chi connectivity index (χ2v) is 9.62. The van der Waals surface area contributed by atoms with Gasteiger partial charge in [-0.1, -0.05) is 39.3 Å². The predicted octanol–water partition coefficient (Wildman–Crippen LogP) is 3.81. The van der Waals surface area contributed by atoms with Crippen LogP contribution in [0.25, 0.3) is 0 Å². The SMILES string of the molecule is CCC(C)(C)C1CCC(NC(=O)c2ccccc2S(C)(=O)=O)CC1. The fourth-order valence-electron chi connectivity index (χ4n) is 3.55. The van der Waals surface area contributed by atoms with Gasteiger partial charge in [-0.3, -0.25) is 4.79 Å². The van der Waals surface area contributed by atoms with Crippen LogP contribution in [0.1, 0.15) is 63.2 Å². The summed E-state index contributed by atoms with van der Waals surface area (Å²) >= 11 is 0. The number of hydrogen-bond donors (Lipinski definition) is 1. The summed E-state index contributed by atoms with van der Waals surface area (Å²) in [7, 11) is -3.41. The molecule has 0 saturated heterocycles. The molecule has 0 heterocycles. The molecule has 1 aliphatic rings. The molecule has 1 aromatic carbocycles. The van der Waals surface area contributed by atoms with Gasteiger partial charge in [0, 0.05) is 12.3 Å². The van der Waals surface area contributed by atoms with Crippen molar-refractivity contribution >= 4 is 15.7 Å². The van der Waals surface area contributed by atoms with E-state index in [2.05, 4.69) is 26.1 Å². The molecule has 24 heavy (non-hydrogen) atoms. The molecular weight excluding hydrogens is 322 g/mol. The molecule has 5 heteroatoms. The van der Waals surface area contributed by atoms with Crippen LogP contribution in [-0.4, -0.2) is 26.6 Å². The second kappa shape index (κ2) is 7.26. The van der Waals surface area contributed by atoms with Gasteiger partial charge in [-0.05, 0) is 49.1 Å². The van der Waals surface area contributed by atoms with E-state index in [1.54, 1.807) is 18.2 Å². The Morgan fingerprint density at radius 2 is 1.75 bits per heavy atom. The summed E-state index contributed by atoms with van der Waals surface area (Å²) in [4.78, 5) is 12.6. The first-order valence-corrected chi connectivity index (χ1v) is 10.6. The number of sulfone groups is 1. The zero-order valence-electron chi connectivity index (χ0n) is 15.1. The Morgan fingerprint density at radius 1 is 1.17 bits per heavy atom. The average molecular weight is 352 g/mol. The van der Waals surface area contributed by atoms with Gasteiger partial charge < -0.3 is 5.32 Å². The molecule has 1 fully saturated rings. The van der Waals surface area contributed by atoms with Crippen molar-refractivity contribution in [3.8, 4) is 0 Å². The van der Waals surface area contributed by atoms with Gasteiger partial charge in [0.15, 0.2) is 9.84 Å². The third-order valence-electron chi connectivity index (χ3n) is 5.61. The van der Waals surface area contributed by atoms with E-state index >= 15 is 0 Å². The van der Waals surface area contributed by atoms with Crippen molar-refractivity contribution < 1.29 is 13.2 Å². The molecule has 0 unspecified atom stereocenters. The Labute approximate surface area is 146 Å². The molecule has 0 aromatic heterocycles. The van der Waals surface area contributed by atoms with E-state index in [1.165, 1.54) is 6.07 Å². The molecule has 1 aromatic rings. The maximum absolute atomic E-state index is 12.5. The number of nitrogens with one attached hydrogen (secondary N) is 1. The highest BCUT2D eigenvalue weighted by molar-refractivity contribution is 7.90. The first-order valence-electron chi connectivity index (χ1n) is 8.75. The first kappa shape index (κ1) is 19.0. The number of rotatable bonds is 5. The number of amides is 1. The summed E-state index contributed by atoms with van der Waals surface area (Å²) in [6.45, 7) is 6.87. The minimum atomic E-state index is -3.41. The highest BCUT2D eigenvalue weighted by Crippen LogP contribution is 2.40. The zero-order valence-corrected chi connectivity index (χ0v) is 15.9. The van der Waals surface area contributed by atoms with Crippen molar-refractivity contribution in [2.75, 3.05) is 6.26 Å². The highest BCUT2D eigenvalue weighted by atomic mass is 32.2. The Kier molecular flexibility index (Phi) is 5.74. The average Bonchev–Trinajstić information content (AvgIpc) is 2.54. The molecule has 0 bridgehead atoms. The van der Waals surface area contributed by atoms with Crippen LogP contribution < -0.4 is 5.32 Å². The van der Waals surface area contributed by atoms with E-state index in [0.717, 1.165) is 38.4 Å². The molecule has 134 valence electrons. The summed E-state index contributed by atoms with van der Waals surface area (Å²) < 4.78 is 23.7. The Hall–Kier alpha value is -1.36. The van der Waals surface area contributed by atoms with Crippen molar-refractivity contribution in [3.05, 3.63) is 29.8 Å². The van der Waals surface area contributed by atoms with Gasteiger partial charge in [0.05, 0.1) is 10.5 Å². The molecule has 1 N–H and O–H groups in total. The molecule has 1 saturated carbocycles. The third kappa shape index (κ3) is 4.38. The molecule has 2 rings (SSSR count). The minimum absolute atomic E-state index is 0.100. The molecule has 0 atom stereocenters. The predicted molar refractivity (Wildman–Crippen MR) is 96.8 cm³/mol. The van der Waals surface area contributed by atoms with Crippen LogP contribution in [0.3, 0.4) is 0 Å². The van der Waals surface area contributed by atoms with Gasteiger partial charge in [0.2, 0.25) is 0 Å². The standard InChI is InChI=1S/C19H29NO3S/c1-5-19(2,3)14-10-12-15(13-11-14)20-18(21)16-8-6-7-9-17(16)24(4,22)23/h6-9,14-15H,5,10-13H2,1-4H3,(H,20,21). The number of carbonyl (C=O) groups excluding carboxylic acids is 1. The number of carbonyl (C=O) groups is 1. The van der Waals surface area contributed by atoms with Crippen molar-refractivity contribution in [1.29, 1.82) is 0 Å². The number of hydrogen-bond acceptors (Lipinski definition) is 3. The van der Waals surface area contributed by atoms with E-state index in [0.29, 0.717) is 11.3 Å². The fraction of sp³-hybridized carbons (Fsp3) is 0.632. The largest absolute Gasteiger partial charge is 0.349 e. The highest BCUT2D eigenvalue weighted by Gasteiger charge is 2.32.